The fourth-order valence-corrected chi connectivity index (χ4v) is 3.54. The number of nitrogens with zero attached hydrogens (tertiary/aromatic N) is 1. The topological polar surface area (TPSA) is 50.5 Å². The molecule has 2 aromatic carbocycles. The first-order valence-electron chi connectivity index (χ1n) is 9.02. The van der Waals surface area contributed by atoms with Crippen molar-refractivity contribution in [2.75, 3.05) is 29.0 Å². The fourth-order valence-electron chi connectivity index (χ4n) is 3.54. The summed E-state index contributed by atoms with van der Waals surface area (Å²) in [6.45, 7) is 11.3. The zero-order chi connectivity index (χ0) is 18.0. The molecule has 2 aromatic rings. The van der Waals surface area contributed by atoms with E-state index in [1.54, 1.807) is 0 Å². The van der Waals surface area contributed by atoms with Gasteiger partial charge in [-0.3, -0.25) is 0 Å². The number of ether oxygens (including phenoxy) is 1. The van der Waals surface area contributed by atoms with Crippen LogP contribution in [0.2, 0.25) is 0 Å². The first kappa shape index (κ1) is 17.6. The predicted octanol–water partition coefficient (Wildman–Crippen LogP) is 4.11. The number of nitrogens with two attached hydrogens (primary N) is 1. The van der Waals surface area contributed by atoms with Crippen LogP contribution in [0.5, 0.6) is 0 Å². The Balaban J connectivity index is 1.74. The summed E-state index contributed by atoms with van der Waals surface area (Å²) in [5.41, 5.74) is 12.8. The maximum atomic E-state index is 5.86. The van der Waals surface area contributed by atoms with E-state index in [0.29, 0.717) is 0 Å². The highest BCUT2D eigenvalue weighted by Crippen LogP contribution is 2.30. The molecular weight excluding hydrogens is 310 g/mol. The van der Waals surface area contributed by atoms with E-state index in [0.717, 1.165) is 25.3 Å². The molecule has 1 aliphatic heterocycles. The van der Waals surface area contributed by atoms with Crippen molar-refractivity contribution in [1.29, 1.82) is 0 Å². The molecule has 1 fully saturated rings. The average molecular weight is 339 g/mol. The van der Waals surface area contributed by atoms with Gasteiger partial charge in [0.05, 0.1) is 12.2 Å². The Morgan fingerprint density at radius 2 is 1.68 bits per heavy atom. The Morgan fingerprint density at radius 1 is 1.04 bits per heavy atom. The largest absolute Gasteiger partial charge is 0.399 e. The molecular formula is C21H29N3O. The lowest BCUT2D eigenvalue weighted by atomic mass is 10.1. The van der Waals surface area contributed by atoms with Crippen molar-refractivity contribution in [2.24, 2.45) is 0 Å². The molecule has 3 N–H and O–H groups in total. The van der Waals surface area contributed by atoms with Gasteiger partial charge in [0.1, 0.15) is 0 Å². The molecule has 0 spiro atoms. The fraction of sp³-hybridized carbons (Fsp3) is 0.429. The smallest absolute Gasteiger partial charge is 0.0726 e. The molecule has 0 amide bonds. The normalized spacial score (nSPS) is 20.6. The molecule has 0 bridgehead atoms. The van der Waals surface area contributed by atoms with Crippen molar-refractivity contribution in [1.82, 2.24) is 0 Å². The molecule has 25 heavy (non-hydrogen) atoms. The Kier molecular flexibility index (Phi) is 5.19. The summed E-state index contributed by atoms with van der Waals surface area (Å²) >= 11 is 0. The van der Waals surface area contributed by atoms with Crippen LogP contribution in [0.25, 0.3) is 0 Å². The van der Waals surface area contributed by atoms with Gasteiger partial charge >= 0.3 is 0 Å². The van der Waals surface area contributed by atoms with Crippen LogP contribution in [-0.2, 0) is 11.3 Å². The van der Waals surface area contributed by atoms with E-state index >= 15 is 0 Å². The van der Waals surface area contributed by atoms with Crippen molar-refractivity contribution in [3.05, 3.63) is 53.1 Å². The Bertz CT molecular complexity index is 717. The third-order valence-electron chi connectivity index (χ3n) is 4.77. The lowest BCUT2D eigenvalue weighted by Crippen LogP contribution is -2.45. The number of nitrogen functional groups attached to an aromatic ring is 1. The van der Waals surface area contributed by atoms with Gasteiger partial charge in [0, 0.05) is 36.7 Å². The SMILES string of the molecule is Cc1cc(N2CC(C)OC(C)C2)c(C)cc1NCc1ccc(N)cc1. The average Bonchev–Trinajstić information content (AvgIpc) is 2.56. The van der Waals surface area contributed by atoms with E-state index in [2.05, 4.69) is 62.2 Å². The lowest BCUT2D eigenvalue weighted by molar-refractivity contribution is -0.00524. The minimum absolute atomic E-state index is 0.270. The predicted molar refractivity (Wildman–Crippen MR) is 106 cm³/mol. The van der Waals surface area contributed by atoms with Gasteiger partial charge < -0.3 is 20.7 Å². The van der Waals surface area contributed by atoms with Crippen molar-refractivity contribution in [2.45, 2.75) is 46.4 Å². The number of hydrogen-bond acceptors (Lipinski definition) is 4. The highest BCUT2D eigenvalue weighted by atomic mass is 16.5. The molecule has 2 unspecified atom stereocenters. The number of aryl methyl sites for hydroxylation is 2. The monoisotopic (exact) mass is 339 g/mol. The van der Waals surface area contributed by atoms with Crippen LogP contribution in [0.4, 0.5) is 17.1 Å². The maximum Gasteiger partial charge on any atom is 0.0726 e. The zero-order valence-electron chi connectivity index (χ0n) is 15.7. The number of hydrogen-bond donors (Lipinski definition) is 2. The summed E-state index contributed by atoms with van der Waals surface area (Å²) in [7, 11) is 0. The van der Waals surface area contributed by atoms with Gasteiger partial charge in [-0.1, -0.05) is 12.1 Å². The number of morpholine rings is 1. The summed E-state index contributed by atoms with van der Waals surface area (Å²) in [4.78, 5) is 2.45. The van der Waals surface area contributed by atoms with Gasteiger partial charge in [-0.25, -0.2) is 0 Å². The van der Waals surface area contributed by atoms with Crippen molar-refractivity contribution in [3.63, 3.8) is 0 Å². The number of benzene rings is 2. The van der Waals surface area contributed by atoms with E-state index < -0.39 is 0 Å². The number of anilines is 3. The van der Waals surface area contributed by atoms with E-state index in [9.17, 15) is 0 Å². The van der Waals surface area contributed by atoms with E-state index in [-0.39, 0.29) is 12.2 Å². The Labute approximate surface area is 151 Å². The highest BCUT2D eigenvalue weighted by Gasteiger charge is 2.23. The van der Waals surface area contributed by atoms with Crippen molar-refractivity contribution >= 4 is 17.1 Å². The summed E-state index contributed by atoms with van der Waals surface area (Å²) in [5, 5.41) is 3.55. The van der Waals surface area contributed by atoms with Crippen LogP contribution in [0, 0.1) is 13.8 Å². The zero-order valence-corrected chi connectivity index (χ0v) is 15.7. The van der Waals surface area contributed by atoms with E-state index in [1.165, 1.54) is 28.1 Å². The van der Waals surface area contributed by atoms with Crippen LogP contribution in [0.3, 0.4) is 0 Å². The summed E-state index contributed by atoms with van der Waals surface area (Å²) in [6.07, 6.45) is 0.540. The molecule has 1 saturated heterocycles. The van der Waals surface area contributed by atoms with Gasteiger partial charge in [-0.2, -0.15) is 0 Å². The number of nitrogens with one attached hydrogen (secondary N) is 1. The second kappa shape index (κ2) is 7.36. The minimum Gasteiger partial charge on any atom is -0.399 e. The first-order valence-corrected chi connectivity index (χ1v) is 9.02. The molecule has 0 aromatic heterocycles. The Hall–Kier alpha value is -2.20. The molecule has 3 rings (SSSR count). The Morgan fingerprint density at radius 3 is 2.32 bits per heavy atom. The second-order valence-corrected chi connectivity index (χ2v) is 7.21. The third kappa shape index (κ3) is 4.26. The van der Waals surface area contributed by atoms with Gasteiger partial charge in [-0.05, 0) is 68.7 Å². The van der Waals surface area contributed by atoms with Crippen molar-refractivity contribution in [3.8, 4) is 0 Å². The summed E-state index contributed by atoms with van der Waals surface area (Å²) in [6, 6.07) is 12.6. The third-order valence-corrected chi connectivity index (χ3v) is 4.77. The molecule has 2 atom stereocenters. The minimum atomic E-state index is 0.270. The van der Waals surface area contributed by atoms with Gasteiger partial charge in [0.15, 0.2) is 0 Å². The molecule has 0 saturated carbocycles. The highest BCUT2D eigenvalue weighted by molar-refractivity contribution is 5.65. The molecule has 0 radical (unpaired) electrons. The van der Waals surface area contributed by atoms with Crippen molar-refractivity contribution < 1.29 is 4.74 Å². The lowest BCUT2D eigenvalue weighted by Gasteiger charge is -2.38. The van der Waals surface area contributed by atoms with Gasteiger partial charge in [0.25, 0.3) is 0 Å². The summed E-state index contributed by atoms with van der Waals surface area (Å²) in [5.74, 6) is 0. The second-order valence-electron chi connectivity index (χ2n) is 7.21. The van der Waals surface area contributed by atoms with Gasteiger partial charge in [0.2, 0.25) is 0 Å². The first-order chi connectivity index (χ1) is 11.9. The standard InChI is InChI=1S/C21H29N3O/c1-14-10-21(24-12-16(3)25-17(4)13-24)15(2)9-20(14)23-11-18-5-7-19(22)8-6-18/h5-10,16-17,23H,11-13,22H2,1-4H3. The molecule has 1 heterocycles. The quantitative estimate of drug-likeness (QED) is 0.823. The van der Waals surface area contributed by atoms with E-state index in [4.69, 9.17) is 10.5 Å². The van der Waals surface area contributed by atoms with Crippen LogP contribution in [-0.4, -0.2) is 25.3 Å². The molecule has 4 heteroatoms. The molecule has 0 aliphatic carbocycles. The molecule has 1 aliphatic rings. The summed E-state index contributed by atoms with van der Waals surface area (Å²) < 4.78 is 5.86. The van der Waals surface area contributed by atoms with Crippen LogP contribution < -0.4 is 16.0 Å². The maximum absolute atomic E-state index is 5.86. The van der Waals surface area contributed by atoms with Crippen LogP contribution in [0.1, 0.15) is 30.5 Å². The van der Waals surface area contributed by atoms with Gasteiger partial charge in [-0.15, -0.1) is 0 Å². The van der Waals surface area contributed by atoms with E-state index in [1.807, 2.05) is 12.1 Å². The molecule has 4 nitrogen and oxygen atoms in total. The van der Waals surface area contributed by atoms with Crippen LogP contribution in [0.15, 0.2) is 36.4 Å². The van der Waals surface area contributed by atoms with Crippen LogP contribution >= 0.6 is 0 Å². The number of rotatable bonds is 4. The molecule has 134 valence electrons.